The maximum absolute atomic E-state index is 11.6. The van der Waals surface area contributed by atoms with Crippen molar-refractivity contribution in [1.29, 1.82) is 0 Å². The fraction of sp³-hybridized carbons (Fsp3) is 0.923. The summed E-state index contributed by atoms with van der Waals surface area (Å²) in [5.41, 5.74) is 0. The highest BCUT2D eigenvalue weighted by atomic mass is 79.9. The lowest BCUT2D eigenvalue weighted by Gasteiger charge is -2.35. The smallest absolute Gasteiger partial charge is 0.233 e. The van der Waals surface area contributed by atoms with Crippen molar-refractivity contribution < 1.29 is 9.53 Å². The molecule has 1 saturated heterocycles. The molecule has 1 aliphatic heterocycles. The van der Waals surface area contributed by atoms with E-state index in [1.165, 1.54) is 0 Å². The summed E-state index contributed by atoms with van der Waals surface area (Å²) in [6.07, 6.45) is 1.11. The maximum atomic E-state index is 11.6. The van der Waals surface area contributed by atoms with E-state index in [0.717, 1.165) is 39.3 Å². The molecule has 0 aromatic rings. The number of hydrogen-bond donors (Lipinski definition) is 1. The van der Waals surface area contributed by atoms with E-state index in [0.29, 0.717) is 12.0 Å². The first-order valence-corrected chi connectivity index (χ1v) is 7.66. The van der Waals surface area contributed by atoms with Gasteiger partial charge >= 0.3 is 0 Å². The molecule has 106 valence electrons. The molecule has 0 spiro atoms. The van der Waals surface area contributed by atoms with Gasteiger partial charge in [0.15, 0.2) is 0 Å². The number of nitrogens with one attached hydrogen (secondary N) is 1. The molecule has 0 bridgehead atoms. The van der Waals surface area contributed by atoms with Gasteiger partial charge in [-0.15, -0.1) is 0 Å². The molecule has 1 N–H and O–H groups in total. The highest BCUT2D eigenvalue weighted by molar-refractivity contribution is 9.10. The van der Waals surface area contributed by atoms with Gasteiger partial charge in [-0.3, -0.25) is 9.69 Å². The summed E-state index contributed by atoms with van der Waals surface area (Å²) in [5, 5.41) is 3.02. The van der Waals surface area contributed by atoms with Crippen LogP contribution < -0.4 is 5.32 Å². The number of hydrogen-bond acceptors (Lipinski definition) is 3. The molecule has 1 fully saturated rings. The van der Waals surface area contributed by atoms with Crippen LogP contribution in [0.15, 0.2) is 0 Å². The van der Waals surface area contributed by atoms with Gasteiger partial charge in [-0.25, -0.2) is 0 Å². The lowest BCUT2D eigenvalue weighted by atomic mass is 10.0. The van der Waals surface area contributed by atoms with E-state index in [1.54, 1.807) is 0 Å². The van der Waals surface area contributed by atoms with Gasteiger partial charge in [0.1, 0.15) is 0 Å². The zero-order valence-corrected chi connectivity index (χ0v) is 13.2. The highest BCUT2D eigenvalue weighted by Crippen LogP contribution is 2.13. The molecule has 2 atom stereocenters. The topological polar surface area (TPSA) is 41.6 Å². The van der Waals surface area contributed by atoms with Gasteiger partial charge < -0.3 is 10.1 Å². The molecule has 0 aromatic heterocycles. The monoisotopic (exact) mass is 320 g/mol. The van der Waals surface area contributed by atoms with Gasteiger partial charge in [-0.2, -0.15) is 0 Å². The molecular formula is C13H25BrN2O2. The molecule has 0 aromatic carbocycles. The molecule has 1 heterocycles. The van der Waals surface area contributed by atoms with Gasteiger partial charge in [0.05, 0.1) is 18.0 Å². The van der Waals surface area contributed by atoms with Gasteiger partial charge in [0, 0.05) is 25.7 Å². The standard InChI is InChI=1S/C13H25BrN2O2/c1-10(2)8-12(9-15-13(17)11(3)14)16-4-6-18-7-5-16/h10-12H,4-9H2,1-3H3,(H,15,17). The van der Waals surface area contributed by atoms with Crippen molar-refractivity contribution in [2.45, 2.75) is 38.1 Å². The summed E-state index contributed by atoms with van der Waals surface area (Å²) in [7, 11) is 0. The number of alkyl halides is 1. The number of amides is 1. The average Bonchev–Trinajstić information content (AvgIpc) is 2.34. The van der Waals surface area contributed by atoms with Crippen LogP contribution >= 0.6 is 15.9 Å². The van der Waals surface area contributed by atoms with E-state index in [4.69, 9.17) is 4.74 Å². The third-order valence-corrected chi connectivity index (χ3v) is 3.59. The number of carbonyl (C=O) groups is 1. The van der Waals surface area contributed by atoms with E-state index < -0.39 is 0 Å². The Morgan fingerprint density at radius 2 is 1.94 bits per heavy atom. The third kappa shape index (κ3) is 5.67. The summed E-state index contributed by atoms with van der Waals surface area (Å²) < 4.78 is 5.38. The first-order chi connectivity index (χ1) is 8.50. The number of ether oxygens (including phenoxy) is 1. The minimum Gasteiger partial charge on any atom is -0.379 e. The second kappa shape index (κ2) is 8.12. The van der Waals surface area contributed by atoms with Crippen molar-refractivity contribution in [3.8, 4) is 0 Å². The summed E-state index contributed by atoms with van der Waals surface area (Å²) >= 11 is 3.29. The summed E-state index contributed by atoms with van der Waals surface area (Å²) in [4.78, 5) is 13.9. The van der Waals surface area contributed by atoms with E-state index in [9.17, 15) is 4.79 Å². The van der Waals surface area contributed by atoms with E-state index in [-0.39, 0.29) is 10.7 Å². The zero-order chi connectivity index (χ0) is 13.5. The van der Waals surface area contributed by atoms with E-state index in [1.807, 2.05) is 6.92 Å². The molecule has 5 heteroatoms. The molecule has 0 radical (unpaired) electrons. The lowest BCUT2D eigenvalue weighted by Crippen LogP contribution is -2.49. The Kier molecular flexibility index (Phi) is 7.19. The average molecular weight is 321 g/mol. The van der Waals surface area contributed by atoms with Gasteiger partial charge in [0.2, 0.25) is 5.91 Å². The first kappa shape index (κ1) is 15.9. The maximum Gasteiger partial charge on any atom is 0.233 e. The minimum absolute atomic E-state index is 0.0667. The van der Waals surface area contributed by atoms with Crippen LogP contribution in [0.25, 0.3) is 0 Å². The number of nitrogens with zero attached hydrogens (tertiary/aromatic N) is 1. The molecule has 1 aliphatic rings. The Morgan fingerprint density at radius 3 is 2.44 bits per heavy atom. The van der Waals surface area contributed by atoms with Crippen molar-refractivity contribution in [2.75, 3.05) is 32.8 Å². The van der Waals surface area contributed by atoms with Gasteiger partial charge in [0.25, 0.3) is 0 Å². The fourth-order valence-corrected chi connectivity index (χ4v) is 2.37. The molecule has 1 rings (SSSR count). The van der Waals surface area contributed by atoms with Crippen molar-refractivity contribution in [1.82, 2.24) is 10.2 Å². The molecule has 1 amide bonds. The minimum atomic E-state index is -0.123. The molecule has 2 unspecified atom stereocenters. The fourth-order valence-electron chi connectivity index (χ4n) is 2.21. The SMILES string of the molecule is CC(C)CC(CNC(=O)C(C)Br)N1CCOCC1. The summed E-state index contributed by atoms with van der Waals surface area (Å²) in [6, 6.07) is 0.420. The Hall–Kier alpha value is -0.130. The van der Waals surface area contributed by atoms with Crippen molar-refractivity contribution in [2.24, 2.45) is 5.92 Å². The quantitative estimate of drug-likeness (QED) is 0.756. The Balaban J connectivity index is 2.46. The van der Waals surface area contributed by atoms with Crippen LogP contribution in [0.5, 0.6) is 0 Å². The second-order valence-corrected chi connectivity index (χ2v) is 6.67. The molecule has 18 heavy (non-hydrogen) atoms. The van der Waals surface area contributed by atoms with E-state index >= 15 is 0 Å². The molecular weight excluding hydrogens is 296 g/mol. The predicted molar refractivity (Wildman–Crippen MR) is 77.0 cm³/mol. The highest BCUT2D eigenvalue weighted by Gasteiger charge is 2.22. The van der Waals surface area contributed by atoms with E-state index in [2.05, 4.69) is 40.0 Å². The second-order valence-electron chi connectivity index (χ2n) is 5.29. The van der Waals surface area contributed by atoms with Crippen LogP contribution in [0.4, 0.5) is 0 Å². The third-order valence-electron chi connectivity index (χ3n) is 3.18. The summed E-state index contributed by atoms with van der Waals surface area (Å²) in [5.74, 6) is 0.702. The molecule has 4 nitrogen and oxygen atoms in total. The van der Waals surface area contributed by atoms with Crippen LogP contribution in [0.1, 0.15) is 27.2 Å². The largest absolute Gasteiger partial charge is 0.379 e. The van der Waals surface area contributed by atoms with Crippen LogP contribution in [0.2, 0.25) is 0 Å². The predicted octanol–water partition coefficient (Wildman–Crippen LogP) is 1.63. The lowest BCUT2D eigenvalue weighted by molar-refractivity contribution is -0.120. The van der Waals surface area contributed by atoms with Crippen molar-refractivity contribution in [3.63, 3.8) is 0 Å². The zero-order valence-electron chi connectivity index (χ0n) is 11.6. The number of carbonyl (C=O) groups excluding carboxylic acids is 1. The Morgan fingerprint density at radius 1 is 1.33 bits per heavy atom. The van der Waals surface area contributed by atoms with Crippen molar-refractivity contribution in [3.05, 3.63) is 0 Å². The van der Waals surface area contributed by atoms with Gasteiger partial charge in [-0.05, 0) is 19.3 Å². The Bertz CT molecular complexity index is 253. The van der Waals surface area contributed by atoms with Crippen molar-refractivity contribution >= 4 is 21.8 Å². The molecule has 0 aliphatic carbocycles. The van der Waals surface area contributed by atoms with Crippen LogP contribution in [-0.4, -0.2) is 54.5 Å². The van der Waals surface area contributed by atoms with Crippen LogP contribution in [0, 0.1) is 5.92 Å². The van der Waals surface area contributed by atoms with Crippen LogP contribution in [-0.2, 0) is 9.53 Å². The normalized spacial score (nSPS) is 20.7. The Labute approximate surface area is 119 Å². The van der Waals surface area contributed by atoms with Crippen LogP contribution in [0.3, 0.4) is 0 Å². The van der Waals surface area contributed by atoms with Gasteiger partial charge in [-0.1, -0.05) is 29.8 Å². The molecule has 0 saturated carbocycles. The number of morpholine rings is 1. The first-order valence-electron chi connectivity index (χ1n) is 6.74. The summed E-state index contributed by atoms with van der Waals surface area (Å²) in [6.45, 7) is 10.6. The number of halogens is 1. The number of rotatable bonds is 6.